The van der Waals surface area contributed by atoms with Crippen LogP contribution in [0, 0.1) is 5.92 Å². The zero-order valence-corrected chi connectivity index (χ0v) is 11.9. The highest BCUT2D eigenvalue weighted by Crippen LogP contribution is 2.36. The molecule has 1 aliphatic carbocycles. The van der Waals surface area contributed by atoms with Gasteiger partial charge in [-0.3, -0.25) is 0 Å². The second-order valence-corrected chi connectivity index (χ2v) is 5.81. The van der Waals surface area contributed by atoms with Gasteiger partial charge in [0.25, 0.3) is 0 Å². The molecule has 1 aromatic rings. The highest BCUT2D eigenvalue weighted by Gasteiger charge is 2.41. The fourth-order valence-corrected chi connectivity index (χ4v) is 3.00. The van der Waals surface area contributed by atoms with E-state index in [2.05, 4.69) is 12.2 Å². The highest BCUT2D eigenvalue weighted by atomic mass is 35.5. The van der Waals surface area contributed by atoms with Crippen molar-refractivity contribution in [1.29, 1.82) is 0 Å². The van der Waals surface area contributed by atoms with Crippen LogP contribution in [0.15, 0.2) is 24.3 Å². The minimum Gasteiger partial charge on any atom is -0.480 e. The van der Waals surface area contributed by atoms with Crippen LogP contribution in [0.25, 0.3) is 0 Å². The number of carboxylic acid groups (broad SMARTS) is 1. The van der Waals surface area contributed by atoms with E-state index >= 15 is 0 Å². The Bertz CT molecular complexity index is 453. The van der Waals surface area contributed by atoms with Crippen LogP contribution < -0.4 is 5.32 Å². The Morgan fingerprint density at radius 1 is 1.47 bits per heavy atom. The summed E-state index contributed by atoms with van der Waals surface area (Å²) < 4.78 is 0. The first-order chi connectivity index (χ1) is 9.05. The fourth-order valence-electron chi connectivity index (χ4n) is 2.81. The lowest BCUT2D eigenvalue weighted by Gasteiger charge is -2.38. The van der Waals surface area contributed by atoms with E-state index in [4.69, 9.17) is 11.6 Å². The lowest BCUT2D eigenvalue weighted by Crippen LogP contribution is -2.49. The van der Waals surface area contributed by atoms with Crippen molar-refractivity contribution in [3.05, 3.63) is 29.3 Å². The maximum atomic E-state index is 11.7. The second kappa shape index (κ2) is 5.83. The number of hydrogen-bond acceptors (Lipinski definition) is 2. The molecule has 1 aliphatic rings. The van der Waals surface area contributed by atoms with Gasteiger partial charge in [-0.25, -0.2) is 4.79 Å². The maximum absolute atomic E-state index is 11.7. The van der Waals surface area contributed by atoms with Crippen molar-refractivity contribution < 1.29 is 9.90 Å². The first kappa shape index (κ1) is 14.2. The number of rotatable bonds is 4. The van der Waals surface area contributed by atoms with E-state index in [1.807, 2.05) is 12.1 Å². The van der Waals surface area contributed by atoms with Gasteiger partial charge in [0.2, 0.25) is 0 Å². The highest BCUT2D eigenvalue weighted by molar-refractivity contribution is 6.30. The molecule has 0 heterocycles. The molecule has 4 heteroatoms. The molecule has 0 amide bonds. The summed E-state index contributed by atoms with van der Waals surface area (Å²) in [5, 5.41) is 13.4. The Hall–Kier alpha value is -1.22. The predicted molar refractivity (Wildman–Crippen MR) is 77.7 cm³/mol. The molecule has 0 bridgehead atoms. The number of aliphatic carboxylic acids is 1. The van der Waals surface area contributed by atoms with E-state index in [0.717, 1.165) is 24.9 Å². The van der Waals surface area contributed by atoms with Gasteiger partial charge in [-0.1, -0.05) is 31.0 Å². The van der Waals surface area contributed by atoms with Gasteiger partial charge in [-0.15, -0.1) is 0 Å². The maximum Gasteiger partial charge on any atom is 0.329 e. The predicted octanol–water partition coefficient (Wildman–Crippen LogP) is 4.18. The number of hydrogen-bond donors (Lipinski definition) is 2. The van der Waals surface area contributed by atoms with Crippen LogP contribution in [0.5, 0.6) is 0 Å². The summed E-state index contributed by atoms with van der Waals surface area (Å²) in [7, 11) is 0. The number of anilines is 1. The molecule has 0 atom stereocenters. The summed E-state index contributed by atoms with van der Waals surface area (Å²) >= 11 is 5.95. The zero-order chi connectivity index (χ0) is 13.9. The van der Waals surface area contributed by atoms with E-state index in [0.29, 0.717) is 23.8 Å². The minimum absolute atomic E-state index is 0.618. The molecule has 2 rings (SSSR count). The van der Waals surface area contributed by atoms with E-state index < -0.39 is 11.5 Å². The van der Waals surface area contributed by atoms with Crippen molar-refractivity contribution in [1.82, 2.24) is 0 Å². The zero-order valence-electron chi connectivity index (χ0n) is 11.2. The molecule has 0 radical (unpaired) electrons. The third-order valence-corrected chi connectivity index (χ3v) is 4.39. The van der Waals surface area contributed by atoms with E-state index in [9.17, 15) is 9.90 Å². The third-order valence-electron chi connectivity index (χ3n) is 4.15. The van der Waals surface area contributed by atoms with E-state index in [1.54, 1.807) is 12.1 Å². The molecule has 1 saturated carbocycles. The molecule has 0 saturated heterocycles. The first-order valence-corrected chi connectivity index (χ1v) is 7.21. The van der Waals surface area contributed by atoms with Crippen LogP contribution in [-0.4, -0.2) is 16.6 Å². The van der Waals surface area contributed by atoms with Crippen molar-refractivity contribution in [3.8, 4) is 0 Å². The lowest BCUT2D eigenvalue weighted by molar-refractivity contribution is -0.143. The number of nitrogens with one attached hydrogen (secondary N) is 1. The molecule has 0 unspecified atom stereocenters. The number of benzene rings is 1. The topological polar surface area (TPSA) is 49.3 Å². The summed E-state index contributed by atoms with van der Waals surface area (Å²) in [6.07, 6.45) is 4.42. The van der Waals surface area contributed by atoms with Crippen LogP contribution in [-0.2, 0) is 4.79 Å². The molecular weight excluding hydrogens is 262 g/mol. The van der Waals surface area contributed by atoms with Gasteiger partial charge in [0, 0.05) is 10.7 Å². The van der Waals surface area contributed by atoms with Crippen molar-refractivity contribution in [2.75, 3.05) is 5.32 Å². The fraction of sp³-hybridized carbons (Fsp3) is 0.533. The number of carboxylic acids is 1. The van der Waals surface area contributed by atoms with Crippen LogP contribution >= 0.6 is 11.6 Å². The Morgan fingerprint density at radius 3 is 2.68 bits per heavy atom. The van der Waals surface area contributed by atoms with Crippen molar-refractivity contribution in [3.63, 3.8) is 0 Å². The summed E-state index contributed by atoms with van der Waals surface area (Å²) in [5.74, 6) is -0.101. The van der Waals surface area contributed by atoms with Crippen LogP contribution in [0.3, 0.4) is 0 Å². The largest absolute Gasteiger partial charge is 0.480 e. The molecule has 0 spiro atoms. The molecule has 2 N–H and O–H groups in total. The van der Waals surface area contributed by atoms with E-state index in [1.165, 1.54) is 0 Å². The smallest absolute Gasteiger partial charge is 0.329 e. The van der Waals surface area contributed by atoms with Gasteiger partial charge in [0.1, 0.15) is 5.54 Å². The standard InChI is InChI=1S/C15H20ClNO2/c1-2-11-6-8-15(9-7-11,14(18)19)17-13-5-3-4-12(16)10-13/h3-5,10-11,17H,2,6-9H2,1H3,(H,18,19). The SMILES string of the molecule is CCC1CCC(Nc2cccc(Cl)c2)(C(=O)O)CC1. The molecule has 1 aromatic carbocycles. The van der Waals surface area contributed by atoms with E-state index in [-0.39, 0.29) is 0 Å². The summed E-state index contributed by atoms with van der Waals surface area (Å²) in [4.78, 5) is 11.7. The lowest BCUT2D eigenvalue weighted by atomic mass is 9.75. The Morgan fingerprint density at radius 2 is 2.16 bits per heavy atom. The van der Waals surface area contributed by atoms with Gasteiger partial charge in [0.05, 0.1) is 0 Å². The van der Waals surface area contributed by atoms with Crippen LogP contribution in [0.1, 0.15) is 39.0 Å². The number of carbonyl (C=O) groups is 1. The minimum atomic E-state index is -0.837. The molecule has 19 heavy (non-hydrogen) atoms. The normalized spacial score (nSPS) is 26.9. The molecule has 1 fully saturated rings. The monoisotopic (exact) mass is 281 g/mol. The van der Waals surface area contributed by atoms with Crippen LogP contribution in [0.2, 0.25) is 5.02 Å². The van der Waals surface area contributed by atoms with Crippen LogP contribution in [0.4, 0.5) is 5.69 Å². The summed E-state index contributed by atoms with van der Waals surface area (Å²) in [6, 6.07) is 7.26. The first-order valence-electron chi connectivity index (χ1n) is 6.83. The average molecular weight is 282 g/mol. The van der Waals surface area contributed by atoms with Gasteiger partial charge < -0.3 is 10.4 Å². The third kappa shape index (κ3) is 3.21. The summed E-state index contributed by atoms with van der Waals surface area (Å²) in [5.41, 5.74) is -0.0547. The average Bonchev–Trinajstić information content (AvgIpc) is 2.39. The molecule has 104 valence electrons. The Balaban J connectivity index is 2.15. The Labute approximate surface area is 119 Å². The van der Waals surface area contributed by atoms with Crippen molar-refractivity contribution in [2.24, 2.45) is 5.92 Å². The summed E-state index contributed by atoms with van der Waals surface area (Å²) in [6.45, 7) is 2.17. The van der Waals surface area contributed by atoms with Gasteiger partial charge in [-0.2, -0.15) is 0 Å². The number of halogens is 1. The Kier molecular flexibility index (Phi) is 4.35. The quantitative estimate of drug-likeness (QED) is 0.870. The molecular formula is C15H20ClNO2. The second-order valence-electron chi connectivity index (χ2n) is 5.37. The van der Waals surface area contributed by atoms with Gasteiger partial charge in [-0.05, 0) is 49.8 Å². The molecule has 0 aliphatic heterocycles. The van der Waals surface area contributed by atoms with Gasteiger partial charge >= 0.3 is 5.97 Å². The van der Waals surface area contributed by atoms with Gasteiger partial charge in [0.15, 0.2) is 0 Å². The van der Waals surface area contributed by atoms with Crippen molar-refractivity contribution in [2.45, 2.75) is 44.6 Å². The molecule has 0 aromatic heterocycles. The van der Waals surface area contributed by atoms with Crippen molar-refractivity contribution >= 4 is 23.3 Å². The molecule has 3 nitrogen and oxygen atoms in total.